The maximum Gasteiger partial charge on any atom is 0.240 e. The summed E-state index contributed by atoms with van der Waals surface area (Å²) in [4.78, 5) is 12.5. The summed E-state index contributed by atoms with van der Waals surface area (Å²) < 4.78 is 43.3. The molecule has 1 amide bonds. The second kappa shape index (κ2) is 11.0. The minimum absolute atomic E-state index is 0.0179. The van der Waals surface area contributed by atoms with Gasteiger partial charge in [-0.25, -0.2) is 13.1 Å². The lowest BCUT2D eigenvalue weighted by molar-refractivity contribution is -0.116. The van der Waals surface area contributed by atoms with Crippen LogP contribution in [0, 0.1) is 13.8 Å². The van der Waals surface area contributed by atoms with Crippen LogP contribution >= 0.6 is 0 Å². The number of ether oxygens (including phenoxy) is 3. The molecule has 0 aliphatic rings. The third-order valence-electron chi connectivity index (χ3n) is 4.27. The van der Waals surface area contributed by atoms with Gasteiger partial charge in [-0.3, -0.25) is 4.79 Å². The van der Waals surface area contributed by atoms with E-state index in [9.17, 15) is 13.2 Å². The number of hydrogen-bond donors (Lipinski definition) is 2. The zero-order chi connectivity index (χ0) is 22.1. The van der Waals surface area contributed by atoms with Gasteiger partial charge >= 0.3 is 0 Å². The third kappa shape index (κ3) is 6.72. The Hall–Kier alpha value is -2.62. The minimum atomic E-state index is -3.69. The Bertz CT molecular complexity index is 975. The maximum atomic E-state index is 12.5. The van der Waals surface area contributed by atoms with E-state index in [1.165, 1.54) is 7.11 Å². The molecule has 0 radical (unpaired) electrons. The highest BCUT2D eigenvalue weighted by molar-refractivity contribution is 7.89. The van der Waals surface area contributed by atoms with Crippen LogP contribution in [0.15, 0.2) is 41.3 Å². The number of carbonyl (C=O) groups is 1. The average Bonchev–Trinajstić information content (AvgIpc) is 2.70. The van der Waals surface area contributed by atoms with Crippen LogP contribution in [0.4, 0.5) is 5.69 Å². The average molecular weight is 437 g/mol. The van der Waals surface area contributed by atoms with Crippen LogP contribution < -0.4 is 19.5 Å². The van der Waals surface area contributed by atoms with E-state index in [0.29, 0.717) is 36.0 Å². The van der Waals surface area contributed by atoms with Gasteiger partial charge in [0.25, 0.3) is 0 Å². The van der Waals surface area contributed by atoms with Crippen LogP contribution in [-0.2, 0) is 19.6 Å². The molecule has 0 spiro atoms. The van der Waals surface area contributed by atoms with Gasteiger partial charge in [-0.05, 0) is 43.2 Å². The standard InChI is InChI=1S/C21H28N2O6S/c1-15-5-6-16(2)20(13-15)30(25,26)22-10-9-21(24)23-17-7-8-18(28-4)19(14-17)29-12-11-27-3/h5-8,13-14,22H,9-12H2,1-4H3,(H,23,24). The minimum Gasteiger partial charge on any atom is -0.493 e. The van der Waals surface area contributed by atoms with Gasteiger partial charge in [0.1, 0.15) is 6.61 Å². The maximum absolute atomic E-state index is 12.5. The fraction of sp³-hybridized carbons (Fsp3) is 0.381. The van der Waals surface area contributed by atoms with E-state index in [1.54, 1.807) is 44.4 Å². The molecule has 0 aromatic heterocycles. The van der Waals surface area contributed by atoms with Crippen LogP contribution in [0.25, 0.3) is 0 Å². The number of benzene rings is 2. The van der Waals surface area contributed by atoms with Crippen molar-refractivity contribution in [3.63, 3.8) is 0 Å². The molecular weight excluding hydrogens is 408 g/mol. The highest BCUT2D eigenvalue weighted by atomic mass is 32.2. The number of aryl methyl sites for hydroxylation is 2. The molecule has 0 saturated heterocycles. The number of carbonyl (C=O) groups excluding carboxylic acids is 1. The van der Waals surface area contributed by atoms with Gasteiger partial charge < -0.3 is 19.5 Å². The number of sulfonamides is 1. The summed E-state index contributed by atoms with van der Waals surface area (Å²) in [6, 6.07) is 10.2. The quantitative estimate of drug-likeness (QED) is 0.525. The van der Waals surface area contributed by atoms with Gasteiger partial charge in [-0.1, -0.05) is 12.1 Å². The van der Waals surface area contributed by atoms with E-state index in [-0.39, 0.29) is 23.8 Å². The number of methoxy groups -OCH3 is 2. The molecule has 0 bridgehead atoms. The number of amides is 1. The molecule has 2 rings (SSSR count). The van der Waals surface area contributed by atoms with E-state index in [1.807, 2.05) is 13.0 Å². The Labute approximate surface area is 177 Å². The predicted octanol–water partition coefficient (Wildman–Crippen LogP) is 2.64. The van der Waals surface area contributed by atoms with E-state index in [2.05, 4.69) is 10.0 Å². The van der Waals surface area contributed by atoms with Gasteiger partial charge in [0.15, 0.2) is 11.5 Å². The van der Waals surface area contributed by atoms with Crippen LogP contribution in [0.3, 0.4) is 0 Å². The lowest BCUT2D eigenvalue weighted by Crippen LogP contribution is -2.28. The summed E-state index contributed by atoms with van der Waals surface area (Å²) >= 11 is 0. The van der Waals surface area contributed by atoms with Crippen LogP contribution in [0.1, 0.15) is 17.5 Å². The van der Waals surface area contributed by atoms with E-state index in [0.717, 1.165) is 5.56 Å². The molecule has 30 heavy (non-hydrogen) atoms. The lowest BCUT2D eigenvalue weighted by Gasteiger charge is -2.13. The van der Waals surface area contributed by atoms with E-state index < -0.39 is 10.0 Å². The first-order valence-corrected chi connectivity index (χ1v) is 10.9. The van der Waals surface area contributed by atoms with Crippen molar-refractivity contribution in [1.82, 2.24) is 4.72 Å². The number of anilines is 1. The molecule has 0 atom stereocenters. The van der Waals surface area contributed by atoms with Gasteiger partial charge in [0.2, 0.25) is 15.9 Å². The molecule has 0 unspecified atom stereocenters. The van der Waals surface area contributed by atoms with Gasteiger partial charge in [0, 0.05) is 31.8 Å². The molecule has 164 valence electrons. The van der Waals surface area contributed by atoms with Crippen molar-refractivity contribution in [1.29, 1.82) is 0 Å². The first-order chi connectivity index (χ1) is 14.3. The smallest absolute Gasteiger partial charge is 0.240 e. The van der Waals surface area contributed by atoms with Crippen LogP contribution in [-0.4, -0.2) is 48.3 Å². The van der Waals surface area contributed by atoms with E-state index in [4.69, 9.17) is 14.2 Å². The fourth-order valence-electron chi connectivity index (χ4n) is 2.70. The molecule has 9 heteroatoms. The molecule has 0 fully saturated rings. The molecule has 2 aromatic carbocycles. The van der Waals surface area contributed by atoms with Crippen LogP contribution in [0.2, 0.25) is 0 Å². The van der Waals surface area contributed by atoms with Crippen molar-refractivity contribution in [3.8, 4) is 11.5 Å². The normalized spacial score (nSPS) is 11.2. The Morgan fingerprint density at radius 3 is 2.47 bits per heavy atom. The van der Waals surface area contributed by atoms with Crippen molar-refractivity contribution in [2.45, 2.75) is 25.2 Å². The first-order valence-electron chi connectivity index (χ1n) is 9.43. The zero-order valence-electron chi connectivity index (χ0n) is 17.7. The Morgan fingerprint density at radius 1 is 1.00 bits per heavy atom. The molecule has 8 nitrogen and oxygen atoms in total. The molecule has 2 N–H and O–H groups in total. The summed E-state index contributed by atoms with van der Waals surface area (Å²) in [6.07, 6.45) is -0.0179. The molecule has 0 saturated carbocycles. The van der Waals surface area contributed by atoms with Crippen molar-refractivity contribution in [2.24, 2.45) is 0 Å². The molecule has 0 heterocycles. The van der Waals surface area contributed by atoms with Crippen molar-refractivity contribution in [3.05, 3.63) is 47.5 Å². The first kappa shape index (κ1) is 23.7. The topological polar surface area (TPSA) is 103 Å². The second-order valence-electron chi connectivity index (χ2n) is 6.67. The number of hydrogen-bond acceptors (Lipinski definition) is 6. The van der Waals surface area contributed by atoms with Gasteiger partial charge in [0.05, 0.1) is 18.6 Å². The summed E-state index contributed by atoms with van der Waals surface area (Å²) in [7, 11) is -0.587. The highest BCUT2D eigenvalue weighted by Gasteiger charge is 2.17. The zero-order valence-corrected chi connectivity index (χ0v) is 18.5. The third-order valence-corrected chi connectivity index (χ3v) is 5.87. The van der Waals surface area contributed by atoms with E-state index >= 15 is 0 Å². The highest BCUT2D eigenvalue weighted by Crippen LogP contribution is 2.30. The largest absolute Gasteiger partial charge is 0.493 e. The van der Waals surface area contributed by atoms with Crippen molar-refractivity contribution in [2.75, 3.05) is 39.3 Å². The monoisotopic (exact) mass is 436 g/mol. The summed E-state index contributed by atoms with van der Waals surface area (Å²) in [5, 5.41) is 2.73. The van der Waals surface area contributed by atoms with Gasteiger partial charge in [-0.2, -0.15) is 0 Å². The Balaban J connectivity index is 1.94. The van der Waals surface area contributed by atoms with Gasteiger partial charge in [-0.15, -0.1) is 0 Å². The van der Waals surface area contributed by atoms with Crippen LogP contribution in [0.5, 0.6) is 11.5 Å². The Morgan fingerprint density at radius 2 is 1.77 bits per heavy atom. The number of nitrogens with one attached hydrogen (secondary N) is 2. The molecule has 2 aromatic rings. The molecule has 0 aliphatic heterocycles. The predicted molar refractivity (Wildman–Crippen MR) is 115 cm³/mol. The fourth-order valence-corrected chi connectivity index (χ4v) is 4.06. The van der Waals surface area contributed by atoms with Crippen molar-refractivity contribution >= 4 is 21.6 Å². The summed E-state index contributed by atoms with van der Waals surface area (Å²) in [5.74, 6) is 0.681. The lowest BCUT2D eigenvalue weighted by atomic mass is 10.2. The second-order valence-corrected chi connectivity index (χ2v) is 8.41. The molecule has 0 aliphatic carbocycles. The summed E-state index contributed by atoms with van der Waals surface area (Å²) in [6.45, 7) is 4.30. The number of rotatable bonds is 11. The molecular formula is C21H28N2O6S. The SMILES string of the molecule is COCCOc1cc(NC(=O)CCNS(=O)(=O)c2cc(C)ccc2C)ccc1OC. The Kier molecular flexibility index (Phi) is 8.64. The summed E-state index contributed by atoms with van der Waals surface area (Å²) in [5.41, 5.74) is 2.02. The van der Waals surface area contributed by atoms with Crippen molar-refractivity contribution < 1.29 is 27.4 Å².